The van der Waals surface area contributed by atoms with Crippen molar-refractivity contribution in [2.24, 2.45) is 17.3 Å². The van der Waals surface area contributed by atoms with Crippen LogP contribution in [0.3, 0.4) is 0 Å². The summed E-state index contributed by atoms with van der Waals surface area (Å²) in [5.74, 6) is 1.11. The number of carbonyl (C=O) groups excluding carboxylic acids is 1. The minimum Gasteiger partial charge on any atom is -0.480 e. The molecule has 1 heterocycles. The quantitative estimate of drug-likeness (QED) is 0.597. The zero-order chi connectivity index (χ0) is 18.0. The van der Waals surface area contributed by atoms with Gasteiger partial charge in [0.2, 0.25) is 0 Å². The first-order valence-corrected chi connectivity index (χ1v) is 9.51. The van der Waals surface area contributed by atoms with Gasteiger partial charge in [-0.2, -0.15) is 0 Å². The van der Waals surface area contributed by atoms with Crippen molar-refractivity contribution in [1.82, 2.24) is 0 Å². The van der Waals surface area contributed by atoms with Crippen molar-refractivity contribution < 1.29 is 23.2 Å². The Morgan fingerprint density at radius 1 is 1.28 bits per heavy atom. The molecule has 3 saturated carbocycles. The largest absolute Gasteiger partial charge is 0.498 e. The molecule has 134 valence electrons. The Hall–Kier alpha value is -0.665. The predicted molar refractivity (Wildman–Crippen MR) is 102 cm³/mol. The zero-order valence-electron chi connectivity index (χ0n) is 14.7. The maximum atomic E-state index is 12.0. The second-order valence-corrected chi connectivity index (χ2v) is 8.52. The fraction of sp³-hybridized carbons (Fsp3) is 0.588. The Bertz CT molecular complexity index is 727. The Morgan fingerprint density at radius 2 is 2.04 bits per heavy atom. The van der Waals surface area contributed by atoms with Crippen molar-refractivity contribution in [3.63, 3.8) is 0 Å². The minimum absolute atomic E-state index is 0.0731. The number of hydrogen-bond acceptors (Lipinski definition) is 5. The number of hydrogen-bond donors (Lipinski definition) is 0. The average Bonchev–Trinajstić information content (AvgIpc) is 2.96. The van der Waals surface area contributed by atoms with Crippen molar-refractivity contribution in [2.75, 3.05) is 0 Å². The Kier molecular flexibility index (Phi) is 4.20. The van der Waals surface area contributed by atoms with Crippen LogP contribution < -0.4 is 9.99 Å². The molecule has 5 nitrogen and oxygen atoms in total. The van der Waals surface area contributed by atoms with Crippen LogP contribution in [0.4, 0.5) is 0 Å². The molecule has 8 heteroatoms. The molecule has 1 aromatic carbocycles. The van der Waals surface area contributed by atoms with Gasteiger partial charge in [-0.05, 0) is 43.1 Å². The molecule has 1 aromatic rings. The molecule has 4 fully saturated rings. The van der Waals surface area contributed by atoms with Gasteiger partial charge in [0.05, 0.1) is 30.6 Å². The molecule has 1 aliphatic heterocycles. The number of para-hydroxylation sites is 1. The van der Waals surface area contributed by atoms with Gasteiger partial charge in [-0.3, -0.25) is 0 Å². The highest BCUT2D eigenvalue weighted by molar-refractivity contribution is 7.11. The van der Waals surface area contributed by atoms with Gasteiger partial charge in [0.15, 0.2) is 0 Å². The first kappa shape index (κ1) is 17.7. The third-order valence-corrected chi connectivity index (χ3v) is 7.14. The van der Waals surface area contributed by atoms with E-state index in [0.717, 1.165) is 6.42 Å². The molecular formula is C17H23BO5P2. The summed E-state index contributed by atoms with van der Waals surface area (Å²) in [6, 6.07) is 5.33. The SMILES string of the molecule is CC1(C)[C@@H]2C[C@H]3OB(c4cccc(C(=O)OP)c4OP)O[C@@]3(C)[C@H]1C2. The van der Waals surface area contributed by atoms with Crippen molar-refractivity contribution in [3.8, 4) is 5.75 Å². The van der Waals surface area contributed by atoms with E-state index in [1.807, 2.05) is 15.5 Å². The van der Waals surface area contributed by atoms with Crippen LogP contribution >= 0.6 is 18.9 Å². The summed E-state index contributed by atoms with van der Waals surface area (Å²) in [7, 11) is 3.62. The molecule has 0 amide bonds. The lowest BCUT2D eigenvalue weighted by Gasteiger charge is -2.64. The third kappa shape index (κ3) is 2.41. The van der Waals surface area contributed by atoms with E-state index in [-0.39, 0.29) is 17.1 Å². The zero-order valence-corrected chi connectivity index (χ0v) is 17.0. The Balaban J connectivity index is 1.68. The summed E-state index contributed by atoms with van der Waals surface area (Å²) in [6.07, 6.45) is 2.28. The van der Waals surface area contributed by atoms with Gasteiger partial charge >= 0.3 is 13.1 Å². The molecule has 2 bridgehead atoms. The van der Waals surface area contributed by atoms with Crippen LogP contribution in [0.2, 0.25) is 0 Å². The van der Waals surface area contributed by atoms with Crippen LogP contribution in [-0.4, -0.2) is 24.8 Å². The van der Waals surface area contributed by atoms with Crippen molar-refractivity contribution in [2.45, 2.75) is 45.3 Å². The standard InChI is InChI=1S/C17H23BO5P2/c1-16(2)9-7-12(16)17(3)13(8-9)20-18(23-17)11-6-4-5-10(14(11)21-24)15(19)22-25/h4-6,9,12-13H,7-8,24-25H2,1-3H3/t9-,12-,13+,17-/m0/s1. The second kappa shape index (κ2) is 5.92. The molecule has 6 atom stereocenters. The van der Waals surface area contributed by atoms with E-state index in [4.69, 9.17) is 18.4 Å². The lowest BCUT2D eigenvalue weighted by atomic mass is 9.43. The van der Waals surface area contributed by atoms with Gasteiger partial charge in [0.25, 0.3) is 0 Å². The van der Waals surface area contributed by atoms with E-state index in [0.29, 0.717) is 28.6 Å². The van der Waals surface area contributed by atoms with Gasteiger partial charge in [-0.25, -0.2) is 4.79 Å². The highest BCUT2D eigenvalue weighted by Gasteiger charge is 2.68. The Morgan fingerprint density at radius 3 is 2.68 bits per heavy atom. The van der Waals surface area contributed by atoms with E-state index in [2.05, 4.69) is 30.2 Å². The molecule has 0 spiro atoms. The molecule has 3 aliphatic carbocycles. The van der Waals surface area contributed by atoms with Crippen LogP contribution in [0.1, 0.15) is 44.0 Å². The van der Waals surface area contributed by atoms with Crippen LogP contribution in [0.5, 0.6) is 5.75 Å². The van der Waals surface area contributed by atoms with Crippen molar-refractivity contribution in [3.05, 3.63) is 23.8 Å². The van der Waals surface area contributed by atoms with Crippen LogP contribution in [-0.2, 0) is 13.8 Å². The highest BCUT2D eigenvalue weighted by Crippen LogP contribution is 2.65. The number of rotatable bonds is 3. The van der Waals surface area contributed by atoms with Crippen LogP contribution in [0, 0.1) is 17.3 Å². The van der Waals surface area contributed by atoms with Crippen LogP contribution in [0.25, 0.3) is 0 Å². The summed E-state index contributed by atoms with van der Waals surface area (Å²) >= 11 is 0. The summed E-state index contributed by atoms with van der Waals surface area (Å²) in [4.78, 5) is 12.0. The smallest absolute Gasteiger partial charge is 0.480 e. The van der Waals surface area contributed by atoms with E-state index >= 15 is 0 Å². The first-order valence-electron chi connectivity index (χ1n) is 8.57. The molecule has 2 unspecified atom stereocenters. The summed E-state index contributed by atoms with van der Waals surface area (Å²) in [5.41, 5.74) is 1.04. The topological polar surface area (TPSA) is 54.0 Å². The van der Waals surface area contributed by atoms with Gasteiger partial charge in [-0.1, -0.05) is 26.0 Å². The minimum atomic E-state index is -0.544. The van der Waals surface area contributed by atoms with E-state index < -0.39 is 13.1 Å². The summed E-state index contributed by atoms with van der Waals surface area (Å²) in [5, 5.41) is 0. The second-order valence-electron chi connectivity index (χ2n) is 8.05. The Labute approximate surface area is 153 Å². The van der Waals surface area contributed by atoms with Crippen LogP contribution in [0.15, 0.2) is 18.2 Å². The summed E-state index contributed by atoms with van der Waals surface area (Å²) in [6.45, 7) is 6.83. The van der Waals surface area contributed by atoms with Gasteiger partial charge < -0.3 is 18.4 Å². The first-order chi connectivity index (χ1) is 11.8. The average molecular weight is 380 g/mol. The third-order valence-electron chi connectivity index (χ3n) is 6.69. The summed E-state index contributed by atoms with van der Waals surface area (Å²) < 4.78 is 22.9. The maximum absolute atomic E-state index is 12.0. The molecule has 25 heavy (non-hydrogen) atoms. The number of benzene rings is 1. The molecule has 5 rings (SSSR count). The molecule has 1 saturated heterocycles. The lowest BCUT2D eigenvalue weighted by Crippen LogP contribution is -2.65. The van der Waals surface area contributed by atoms with Gasteiger partial charge in [-0.15, -0.1) is 0 Å². The highest BCUT2D eigenvalue weighted by atomic mass is 31.0. The fourth-order valence-corrected chi connectivity index (χ4v) is 5.48. The molecule has 0 radical (unpaired) electrons. The predicted octanol–water partition coefficient (Wildman–Crippen LogP) is 2.74. The van der Waals surface area contributed by atoms with Gasteiger partial charge in [0, 0.05) is 5.46 Å². The van der Waals surface area contributed by atoms with Crippen molar-refractivity contribution in [1.29, 1.82) is 0 Å². The molecular weight excluding hydrogens is 357 g/mol. The van der Waals surface area contributed by atoms with E-state index in [1.165, 1.54) is 6.42 Å². The maximum Gasteiger partial charge on any atom is 0.498 e. The van der Waals surface area contributed by atoms with Gasteiger partial charge in [0.1, 0.15) is 11.3 Å². The lowest BCUT2D eigenvalue weighted by molar-refractivity contribution is -0.199. The van der Waals surface area contributed by atoms with Crippen molar-refractivity contribution >= 4 is 37.5 Å². The van der Waals surface area contributed by atoms with E-state index in [9.17, 15) is 4.79 Å². The number of carbonyl (C=O) groups is 1. The monoisotopic (exact) mass is 380 g/mol. The normalized spacial score (nSPS) is 34.9. The molecule has 0 aromatic heterocycles. The fourth-order valence-electron chi connectivity index (χ4n) is 5.09. The molecule has 4 aliphatic rings. The molecule has 0 N–H and O–H groups in total. The van der Waals surface area contributed by atoms with E-state index in [1.54, 1.807) is 12.1 Å².